The van der Waals surface area contributed by atoms with Gasteiger partial charge in [-0.3, -0.25) is 0 Å². The fourth-order valence-corrected chi connectivity index (χ4v) is 2.24. The molecule has 0 spiro atoms. The molecule has 1 N–H and O–H groups in total. The lowest BCUT2D eigenvalue weighted by Crippen LogP contribution is -2.38. The molecule has 1 rings (SSSR count). The molecule has 0 amide bonds. The van der Waals surface area contributed by atoms with Crippen LogP contribution in [0.1, 0.15) is 27.2 Å². The molecule has 1 aliphatic rings. The van der Waals surface area contributed by atoms with Gasteiger partial charge in [-0.05, 0) is 30.1 Å². The van der Waals surface area contributed by atoms with Gasteiger partial charge in [0.1, 0.15) is 0 Å². The number of allylic oxidation sites excluding steroid dienone is 1. The number of hydrogen-bond acceptors (Lipinski definition) is 1. The van der Waals surface area contributed by atoms with Gasteiger partial charge in [0.25, 0.3) is 0 Å². The minimum absolute atomic E-state index is 0.126. The van der Waals surface area contributed by atoms with E-state index in [0.29, 0.717) is 23.7 Å². The van der Waals surface area contributed by atoms with E-state index in [2.05, 4.69) is 27.4 Å². The van der Waals surface area contributed by atoms with Crippen LogP contribution in [-0.2, 0) is 0 Å². The van der Waals surface area contributed by atoms with Gasteiger partial charge in [-0.15, -0.1) is 6.58 Å². The largest absolute Gasteiger partial charge is 0.393 e. The monoisotopic (exact) mass is 168 g/mol. The molecule has 0 aromatic rings. The number of aliphatic hydroxyl groups is 1. The molecule has 1 heteroatoms. The first kappa shape index (κ1) is 9.79. The predicted octanol–water partition coefficient (Wildman–Crippen LogP) is 2.46. The van der Waals surface area contributed by atoms with E-state index >= 15 is 0 Å². The van der Waals surface area contributed by atoms with Crippen LogP contribution in [0.2, 0.25) is 0 Å². The molecule has 70 valence electrons. The maximum atomic E-state index is 9.72. The van der Waals surface area contributed by atoms with Crippen LogP contribution >= 0.6 is 0 Å². The predicted molar refractivity (Wildman–Crippen MR) is 51.8 cm³/mol. The zero-order valence-electron chi connectivity index (χ0n) is 8.33. The maximum Gasteiger partial charge on any atom is 0.0574 e. The summed E-state index contributed by atoms with van der Waals surface area (Å²) >= 11 is 0. The summed E-state index contributed by atoms with van der Waals surface area (Å²) in [4.78, 5) is 0. The topological polar surface area (TPSA) is 20.2 Å². The third-order valence-electron chi connectivity index (χ3n) is 3.76. The Morgan fingerprint density at radius 1 is 1.17 bits per heavy atom. The van der Waals surface area contributed by atoms with Crippen molar-refractivity contribution in [3.05, 3.63) is 12.7 Å². The Balaban J connectivity index is 2.70. The molecule has 1 aliphatic carbocycles. The van der Waals surface area contributed by atoms with Crippen LogP contribution in [0, 0.1) is 23.7 Å². The minimum Gasteiger partial charge on any atom is -0.393 e. The average molecular weight is 168 g/mol. The van der Waals surface area contributed by atoms with E-state index in [9.17, 15) is 5.11 Å². The van der Waals surface area contributed by atoms with E-state index < -0.39 is 0 Å². The van der Waals surface area contributed by atoms with Gasteiger partial charge in [0.05, 0.1) is 6.10 Å². The second-order valence-electron chi connectivity index (χ2n) is 4.28. The standard InChI is InChI=1S/C11H20O/c1-5-10-6-11(12)9(4)7(2)8(10)3/h5,7-12H,1,6H2,2-4H3. The van der Waals surface area contributed by atoms with Crippen molar-refractivity contribution in [3.63, 3.8) is 0 Å². The molecule has 1 saturated carbocycles. The highest BCUT2D eigenvalue weighted by molar-refractivity contribution is 4.93. The summed E-state index contributed by atoms with van der Waals surface area (Å²) in [6, 6.07) is 0. The van der Waals surface area contributed by atoms with Crippen molar-refractivity contribution in [3.8, 4) is 0 Å². The average Bonchev–Trinajstić information content (AvgIpc) is 2.08. The molecule has 12 heavy (non-hydrogen) atoms. The van der Waals surface area contributed by atoms with Crippen LogP contribution in [0.5, 0.6) is 0 Å². The molecule has 0 radical (unpaired) electrons. The Hall–Kier alpha value is -0.300. The van der Waals surface area contributed by atoms with Crippen molar-refractivity contribution in [2.24, 2.45) is 23.7 Å². The lowest BCUT2D eigenvalue weighted by atomic mass is 9.67. The first-order valence-electron chi connectivity index (χ1n) is 4.88. The molecule has 0 heterocycles. The van der Waals surface area contributed by atoms with E-state index in [1.54, 1.807) is 0 Å². The highest BCUT2D eigenvalue weighted by Gasteiger charge is 2.35. The van der Waals surface area contributed by atoms with Crippen LogP contribution in [-0.4, -0.2) is 11.2 Å². The summed E-state index contributed by atoms with van der Waals surface area (Å²) in [5, 5.41) is 9.72. The molecule has 1 nitrogen and oxygen atoms in total. The van der Waals surface area contributed by atoms with Gasteiger partial charge >= 0.3 is 0 Å². The van der Waals surface area contributed by atoms with E-state index in [0.717, 1.165) is 6.42 Å². The van der Waals surface area contributed by atoms with Crippen LogP contribution < -0.4 is 0 Å². The van der Waals surface area contributed by atoms with Crippen LogP contribution in [0.3, 0.4) is 0 Å². The molecule has 0 aromatic heterocycles. The third-order valence-corrected chi connectivity index (χ3v) is 3.76. The molecule has 5 atom stereocenters. The Morgan fingerprint density at radius 2 is 1.75 bits per heavy atom. The molecule has 5 unspecified atom stereocenters. The first-order chi connectivity index (χ1) is 5.57. The molecule has 0 aromatic carbocycles. The second kappa shape index (κ2) is 3.61. The molecular formula is C11H20O. The Labute approximate surface area is 75.5 Å². The van der Waals surface area contributed by atoms with Crippen molar-refractivity contribution in [2.75, 3.05) is 0 Å². The Bertz CT molecular complexity index is 164. The lowest BCUT2D eigenvalue weighted by Gasteiger charge is -2.40. The number of aliphatic hydroxyl groups excluding tert-OH is 1. The van der Waals surface area contributed by atoms with Crippen molar-refractivity contribution in [1.29, 1.82) is 0 Å². The second-order valence-corrected chi connectivity index (χ2v) is 4.28. The molecule has 0 saturated heterocycles. The first-order valence-corrected chi connectivity index (χ1v) is 4.88. The summed E-state index contributed by atoms with van der Waals surface area (Å²) in [6.45, 7) is 10.5. The Kier molecular flexibility index (Phi) is 2.94. The van der Waals surface area contributed by atoms with Crippen LogP contribution in [0.15, 0.2) is 12.7 Å². The summed E-state index contributed by atoms with van der Waals surface area (Å²) < 4.78 is 0. The highest BCUT2D eigenvalue weighted by atomic mass is 16.3. The van der Waals surface area contributed by atoms with Crippen molar-refractivity contribution < 1.29 is 5.11 Å². The van der Waals surface area contributed by atoms with Crippen molar-refractivity contribution in [2.45, 2.75) is 33.3 Å². The van der Waals surface area contributed by atoms with Crippen LogP contribution in [0.25, 0.3) is 0 Å². The normalized spacial score (nSPS) is 48.8. The molecule has 0 bridgehead atoms. The van der Waals surface area contributed by atoms with Gasteiger partial charge < -0.3 is 5.11 Å². The van der Waals surface area contributed by atoms with E-state index in [1.165, 1.54) is 0 Å². The van der Waals surface area contributed by atoms with Crippen molar-refractivity contribution in [1.82, 2.24) is 0 Å². The number of rotatable bonds is 1. The minimum atomic E-state index is -0.126. The SMILES string of the molecule is C=CC1CC(O)C(C)C(C)C1C. The summed E-state index contributed by atoms with van der Waals surface area (Å²) in [7, 11) is 0. The number of hydrogen-bond donors (Lipinski definition) is 1. The maximum absolute atomic E-state index is 9.72. The molecule has 1 fully saturated rings. The van der Waals surface area contributed by atoms with Crippen LogP contribution in [0.4, 0.5) is 0 Å². The molecular weight excluding hydrogens is 148 g/mol. The fourth-order valence-electron chi connectivity index (χ4n) is 2.24. The van der Waals surface area contributed by atoms with Crippen molar-refractivity contribution >= 4 is 0 Å². The highest BCUT2D eigenvalue weighted by Crippen LogP contribution is 2.38. The van der Waals surface area contributed by atoms with E-state index in [4.69, 9.17) is 0 Å². The van der Waals surface area contributed by atoms with E-state index in [-0.39, 0.29) is 6.10 Å². The zero-order chi connectivity index (χ0) is 9.30. The summed E-state index contributed by atoms with van der Waals surface area (Å²) in [6.07, 6.45) is 2.77. The molecule has 0 aliphatic heterocycles. The smallest absolute Gasteiger partial charge is 0.0574 e. The van der Waals surface area contributed by atoms with Gasteiger partial charge in [-0.2, -0.15) is 0 Å². The zero-order valence-corrected chi connectivity index (χ0v) is 8.33. The summed E-state index contributed by atoms with van der Waals surface area (Å²) in [5.74, 6) is 2.22. The van der Waals surface area contributed by atoms with Gasteiger partial charge in [-0.1, -0.05) is 26.8 Å². The van der Waals surface area contributed by atoms with Gasteiger partial charge in [0, 0.05) is 0 Å². The van der Waals surface area contributed by atoms with Gasteiger partial charge in [-0.25, -0.2) is 0 Å². The third kappa shape index (κ3) is 1.56. The van der Waals surface area contributed by atoms with Gasteiger partial charge in [0.2, 0.25) is 0 Å². The quantitative estimate of drug-likeness (QED) is 0.596. The fraction of sp³-hybridized carbons (Fsp3) is 0.818. The summed E-state index contributed by atoms with van der Waals surface area (Å²) in [5.41, 5.74) is 0. The van der Waals surface area contributed by atoms with Gasteiger partial charge in [0.15, 0.2) is 0 Å². The Morgan fingerprint density at radius 3 is 2.25 bits per heavy atom. The lowest BCUT2D eigenvalue weighted by molar-refractivity contribution is 0.00204. The van der Waals surface area contributed by atoms with E-state index in [1.807, 2.05) is 6.08 Å².